The molecule has 2 aliphatic heterocycles. The van der Waals surface area contributed by atoms with Crippen LogP contribution in [0.25, 0.3) is 9.75 Å². The van der Waals surface area contributed by atoms with E-state index in [1.54, 1.807) is 22.7 Å². The van der Waals surface area contributed by atoms with Crippen molar-refractivity contribution in [3.05, 3.63) is 24.3 Å². The van der Waals surface area contributed by atoms with Crippen LogP contribution in [0.1, 0.15) is 55.4 Å². The van der Waals surface area contributed by atoms with E-state index < -0.39 is 0 Å². The predicted octanol–water partition coefficient (Wildman–Crippen LogP) is 4.08. The summed E-state index contributed by atoms with van der Waals surface area (Å²) in [5.41, 5.74) is -1.30. The lowest BCUT2D eigenvalue weighted by Gasteiger charge is -2.32. The monoisotopic (exact) mass is 418 g/mol. The van der Waals surface area contributed by atoms with Gasteiger partial charge in [-0.05, 0) is 67.5 Å². The summed E-state index contributed by atoms with van der Waals surface area (Å²) in [7, 11) is -0.627. The minimum Gasteiger partial charge on any atom is -0.399 e. The van der Waals surface area contributed by atoms with Gasteiger partial charge in [0.05, 0.1) is 22.4 Å². The first-order chi connectivity index (χ1) is 12.8. The molecule has 2 aromatic heterocycles. The van der Waals surface area contributed by atoms with E-state index in [1.807, 2.05) is 0 Å². The van der Waals surface area contributed by atoms with Crippen LogP contribution in [-0.4, -0.2) is 36.6 Å². The SMILES string of the molecule is CC1(C)OB(c2ccc(-c3ccc(B4OC(C)(C)C(C)(C)O4)s3)s2)OC1(C)C. The molecule has 0 bridgehead atoms. The first kappa shape index (κ1) is 20.6. The molecule has 4 heterocycles. The van der Waals surface area contributed by atoms with Gasteiger partial charge in [-0.3, -0.25) is 0 Å². The maximum absolute atomic E-state index is 6.18. The molecule has 8 heteroatoms. The summed E-state index contributed by atoms with van der Waals surface area (Å²) in [6.45, 7) is 16.6. The van der Waals surface area contributed by atoms with Crippen molar-refractivity contribution in [2.24, 2.45) is 0 Å². The molecule has 0 aromatic carbocycles. The van der Waals surface area contributed by atoms with Crippen molar-refractivity contribution >= 4 is 46.5 Å². The fourth-order valence-corrected chi connectivity index (χ4v) is 5.17. The number of rotatable bonds is 3. The molecule has 4 nitrogen and oxygen atoms in total. The molecule has 0 radical (unpaired) electrons. The van der Waals surface area contributed by atoms with Gasteiger partial charge in [0.1, 0.15) is 0 Å². The average molecular weight is 418 g/mol. The highest BCUT2D eigenvalue weighted by Crippen LogP contribution is 2.39. The Hall–Kier alpha value is -0.630. The van der Waals surface area contributed by atoms with Crippen LogP contribution in [-0.2, 0) is 18.6 Å². The third-order valence-corrected chi connectivity index (χ3v) is 8.88. The Kier molecular flexibility index (Phi) is 4.74. The van der Waals surface area contributed by atoms with Gasteiger partial charge in [-0.2, -0.15) is 0 Å². The zero-order valence-corrected chi connectivity index (χ0v) is 19.5. The zero-order valence-electron chi connectivity index (χ0n) is 17.9. The maximum Gasteiger partial charge on any atom is 0.505 e. The lowest BCUT2D eigenvalue weighted by atomic mass is 9.88. The molecule has 0 saturated carbocycles. The molecule has 28 heavy (non-hydrogen) atoms. The van der Waals surface area contributed by atoms with Crippen molar-refractivity contribution in [3.8, 4) is 9.75 Å². The van der Waals surface area contributed by atoms with Crippen LogP contribution in [0.4, 0.5) is 0 Å². The van der Waals surface area contributed by atoms with Gasteiger partial charge in [-0.1, -0.05) is 12.1 Å². The Morgan fingerprint density at radius 2 is 0.821 bits per heavy atom. The van der Waals surface area contributed by atoms with Gasteiger partial charge in [0.2, 0.25) is 0 Å². The average Bonchev–Trinajstić information content (AvgIpc) is 3.27. The van der Waals surface area contributed by atoms with Crippen molar-refractivity contribution in [1.82, 2.24) is 0 Å². The summed E-state index contributed by atoms with van der Waals surface area (Å²) in [6, 6.07) is 8.50. The van der Waals surface area contributed by atoms with E-state index >= 15 is 0 Å². The molecule has 2 aromatic rings. The lowest BCUT2D eigenvalue weighted by Crippen LogP contribution is -2.41. The lowest BCUT2D eigenvalue weighted by molar-refractivity contribution is 0.00578. The molecule has 2 saturated heterocycles. The summed E-state index contributed by atoms with van der Waals surface area (Å²) in [6.07, 6.45) is 0. The molecule has 0 aliphatic carbocycles. The Morgan fingerprint density at radius 3 is 1.11 bits per heavy atom. The molecular weight excluding hydrogens is 390 g/mol. The number of thiophene rings is 2. The third kappa shape index (κ3) is 3.32. The first-order valence-electron chi connectivity index (χ1n) is 9.72. The van der Waals surface area contributed by atoms with E-state index in [1.165, 1.54) is 9.75 Å². The van der Waals surface area contributed by atoms with Crippen molar-refractivity contribution < 1.29 is 18.6 Å². The maximum atomic E-state index is 6.18. The van der Waals surface area contributed by atoms with E-state index in [-0.39, 0.29) is 36.6 Å². The highest BCUT2D eigenvalue weighted by atomic mass is 32.1. The van der Waals surface area contributed by atoms with Crippen molar-refractivity contribution in [2.75, 3.05) is 0 Å². The summed E-state index contributed by atoms with van der Waals surface area (Å²) in [5, 5.41) is 0. The Bertz CT molecular complexity index is 780. The van der Waals surface area contributed by atoms with Crippen LogP contribution in [0.2, 0.25) is 0 Å². The molecular formula is C20H28B2O4S2. The van der Waals surface area contributed by atoms with Crippen LogP contribution in [0, 0.1) is 0 Å². The van der Waals surface area contributed by atoms with Crippen molar-refractivity contribution in [2.45, 2.75) is 77.8 Å². The molecule has 4 rings (SSSR count). The zero-order chi connectivity index (χ0) is 20.5. The Balaban J connectivity index is 1.52. The second-order valence-electron chi connectivity index (χ2n) is 9.58. The minimum atomic E-state index is -0.325. The molecule has 0 amide bonds. The highest BCUT2D eigenvalue weighted by molar-refractivity contribution is 7.30. The van der Waals surface area contributed by atoms with Gasteiger partial charge < -0.3 is 18.6 Å². The quantitative estimate of drug-likeness (QED) is 0.705. The largest absolute Gasteiger partial charge is 0.505 e. The second kappa shape index (κ2) is 6.43. The fraction of sp³-hybridized carbons (Fsp3) is 0.600. The van der Waals surface area contributed by atoms with E-state index in [4.69, 9.17) is 18.6 Å². The van der Waals surface area contributed by atoms with E-state index in [9.17, 15) is 0 Å². The molecule has 0 spiro atoms. The Morgan fingerprint density at radius 1 is 0.536 bits per heavy atom. The molecule has 0 unspecified atom stereocenters. The van der Waals surface area contributed by atoms with Gasteiger partial charge in [0.25, 0.3) is 0 Å². The summed E-state index contributed by atoms with van der Waals surface area (Å²) in [5.74, 6) is 0. The van der Waals surface area contributed by atoms with Gasteiger partial charge in [-0.15, -0.1) is 22.7 Å². The van der Waals surface area contributed by atoms with Crippen LogP contribution in [0.15, 0.2) is 24.3 Å². The van der Waals surface area contributed by atoms with E-state index in [2.05, 4.69) is 79.7 Å². The standard InChI is InChI=1S/C20H28B2O4S2/c1-17(2)18(3,4)24-21(23-17)15-11-9-13(27-15)14-10-12-16(28-14)22-25-19(5,6)20(7,8)26-22/h9-12H,1-8H3. The van der Waals surface area contributed by atoms with Gasteiger partial charge in [-0.25, -0.2) is 0 Å². The third-order valence-electron chi connectivity index (χ3n) is 6.47. The van der Waals surface area contributed by atoms with Gasteiger partial charge in [0.15, 0.2) is 0 Å². The molecule has 0 atom stereocenters. The summed E-state index contributed by atoms with van der Waals surface area (Å²) >= 11 is 3.44. The van der Waals surface area contributed by atoms with E-state index in [0.717, 1.165) is 9.55 Å². The molecule has 0 N–H and O–H groups in total. The summed E-state index contributed by atoms with van der Waals surface area (Å²) < 4.78 is 26.9. The molecule has 2 aliphatic rings. The predicted molar refractivity (Wildman–Crippen MR) is 119 cm³/mol. The fourth-order valence-electron chi connectivity index (χ4n) is 3.14. The second-order valence-corrected chi connectivity index (χ2v) is 11.8. The summed E-state index contributed by atoms with van der Waals surface area (Å²) in [4.78, 5) is 2.41. The number of hydrogen-bond donors (Lipinski definition) is 0. The number of hydrogen-bond acceptors (Lipinski definition) is 6. The normalized spacial score (nSPS) is 24.9. The van der Waals surface area contributed by atoms with Crippen molar-refractivity contribution in [3.63, 3.8) is 0 Å². The first-order valence-corrected chi connectivity index (χ1v) is 11.4. The van der Waals surface area contributed by atoms with Gasteiger partial charge in [0, 0.05) is 19.3 Å². The van der Waals surface area contributed by atoms with E-state index in [0.29, 0.717) is 0 Å². The van der Waals surface area contributed by atoms with Crippen molar-refractivity contribution in [1.29, 1.82) is 0 Å². The van der Waals surface area contributed by atoms with Crippen LogP contribution >= 0.6 is 22.7 Å². The van der Waals surface area contributed by atoms with Crippen LogP contribution < -0.4 is 9.55 Å². The molecule has 2 fully saturated rings. The van der Waals surface area contributed by atoms with Crippen LogP contribution in [0.3, 0.4) is 0 Å². The topological polar surface area (TPSA) is 36.9 Å². The highest BCUT2D eigenvalue weighted by Gasteiger charge is 2.53. The molecule has 150 valence electrons. The smallest absolute Gasteiger partial charge is 0.399 e. The Labute approximate surface area is 176 Å². The van der Waals surface area contributed by atoms with Crippen LogP contribution in [0.5, 0.6) is 0 Å². The minimum absolute atomic E-state index is 0.314. The van der Waals surface area contributed by atoms with Gasteiger partial charge >= 0.3 is 14.2 Å².